The molecule has 0 saturated heterocycles. The first-order valence-corrected chi connectivity index (χ1v) is 8.87. The average molecular weight is 413 g/mol. The number of halogens is 1. The first-order chi connectivity index (χ1) is 12.5. The molecule has 0 aliphatic heterocycles. The molecular weight excluding hydrogens is 396 g/mol. The standard InChI is InChI=1S/C20H17BrN2O3/c1-12-8-9-17(16(21)11-12)23-19(24)13(2)26-20(25)15-7-3-5-14-6-4-10-22-18(14)15/h3-11,13H,1-2H3,(H,23,24)/t13-/m1/s1. The van der Waals surface area contributed by atoms with E-state index in [9.17, 15) is 9.59 Å². The van der Waals surface area contributed by atoms with Crippen LogP contribution in [0.15, 0.2) is 59.2 Å². The maximum Gasteiger partial charge on any atom is 0.341 e. The van der Waals surface area contributed by atoms with Crippen LogP contribution in [0.4, 0.5) is 5.69 Å². The van der Waals surface area contributed by atoms with Crippen LogP contribution in [-0.2, 0) is 9.53 Å². The minimum absolute atomic E-state index is 0.333. The Kier molecular flexibility index (Phi) is 5.32. The third kappa shape index (κ3) is 3.91. The Morgan fingerprint density at radius 1 is 1.15 bits per heavy atom. The number of hydrogen-bond donors (Lipinski definition) is 1. The molecule has 1 amide bonds. The molecule has 132 valence electrons. The Balaban J connectivity index is 1.73. The molecule has 0 unspecified atom stereocenters. The molecule has 0 spiro atoms. The number of amides is 1. The van der Waals surface area contributed by atoms with E-state index in [1.54, 1.807) is 30.5 Å². The molecule has 6 heteroatoms. The van der Waals surface area contributed by atoms with Gasteiger partial charge < -0.3 is 10.1 Å². The van der Waals surface area contributed by atoms with Crippen LogP contribution in [0.2, 0.25) is 0 Å². The van der Waals surface area contributed by atoms with E-state index in [-0.39, 0.29) is 0 Å². The number of rotatable bonds is 4. The van der Waals surface area contributed by atoms with Gasteiger partial charge in [0.25, 0.3) is 5.91 Å². The van der Waals surface area contributed by atoms with Gasteiger partial charge in [0.1, 0.15) is 0 Å². The summed E-state index contributed by atoms with van der Waals surface area (Å²) in [7, 11) is 0. The molecule has 1 atom stereocenters. The van der Waals surface area contributed by atoms with Crippen molar-refractivity contribution in [1.29, 1.82) is 0 Å². The van der Waals surface area contributed by atoms with Crippen LogP contribution in [-0.4, -0.2) is 23.0 Å². The van der Waals surface area contributed by atoms with Gasteiger partial charge in [-0.1, -0.05) is 24.3 Å². The van der Waals surface area contributed by atoms with Crippen LogP contribution < -0.4 is 5.32 Å². The van der Waals surface area contributed by atoms with E-state index in [2.05, 4.69) is 26.2 Å². The fourth-order valence-corrected chi connectivity index (χ4v) is 3.09. The number of benzene rings is 2. The number of para-hydroxylation sites is 1. The molecule has 1 aromatic heterocycles. The van der Waals surface area contributed by atoms with Crippen molar-refractivity contribution < 1.29 is 14.3 Å². The van der Waals surface area contributed by atoms with Crippen LogP contribution in [0.1, 0.15) is 22.8 Å². The van der Waals surface area contributed by atoms with Gasteiger partial charge >= 0.3 is 5.97 Å². The molecule has 1 N–H and O–H groups in total. The van der Waals surface area contributed by atoms with E-state index in [0.717, 1.165) is 15.4 Å². The van der Waals surface area contributed by atoms with E-state index in [4.69, 9.17) is 4.74 Å². The quantitative estimate of drug-likeness (QED) is 0.640. The van der Waals surface area contributed by atoms with Crippen molar-refractivity contribution in [2.45, 2.75) is 20.0 Å². The second-order valence-corrected chi connectivity index (χ2v) is 6.76. The number of aromatic nitrogens is 1. The average Bonchev–Trinajstić information content (AvgIpc) is 2.63. The van der Waals surface area contributed by atoms with Crippen LogP contribution in [0.25, 0.3) is 10.9 Å². The molecular formula is C20H17BrN2O3. The molecule has 0 saturated carbocycles. The van der Waals surface area contributed by atoms with Crippen molar-refractivity contribution >= 4 is 44.4 Å². The fraction of sp³-hybridized carbons (Fsp3) is 0.150. The number of hydrogen-bond acceptors (Lipinski definition) is 4. The third-order valence-electron chi connectivity index (χ3n) is 3.89. The molecule has 3 aromatic rings. The van der Waals surface area contributed by atoms with Crippen LogP contribution in [0.5, 0.6) is 0 Å². The van der Waals surface area contributed by atoms with Crippen molar-refractivity contribution in [3.63, 3.8) is 0 Å². The van der Waals surface area contributed by atoms with Crippen LogP contribution >= 0.6 is 15.9 Å². The first-order valence-electron chi connectivity index (χ1n) is 8.07. The lowest BCUT2D eigenvalue weighted by Crippen LogP contribution is -2.30. The second kappa shape index (κ2) is 7.66. The highest BCUT2D eigenvalue weighted by molar-refractivity contribution is 9.10. The van der Waals surface area contributed by atoms with Gasteiger partial charge in [0, 0.05) is 16.1 Å². The van der Waals surface area contributed by atoms with Gasteiger partial charge in [-0.05, 0) is 59.6 Å². The molecule has 3 rings (SSSR count). The molecule has 0 radical (unpaired) electrons. The van der Waals surface area contributed by atoms with Crippen molar-refractivity contribution in [3.8, 4) is 0 Å². The van der Waals surface area contributed by atoms with E-state index in [1.165, 1.54) is 6.92 Å². The Morgan fingerprint density at radius 2 is 1.92 bits per heavy atom. The zero-order valence-corrected chi connectivity index (χ0v) is 15.9. The molecule has 5 nitrogen and oxygen atoms in total. The summed E-state index contributed by atoms with van der Waals surface area (Å²) >= 11 is 3.41. The Bertz CT molecular complexity index is 982. The highest BCUT2D eigenvalue weighted by Crippen LogP contribution is 2.24. The summed E-state index contributed by atoms with van der Waals surface area (Å²) in [6.45, 7) is 3.49. The molecule has 0 aliphatic carbocycles. The maximum absolute atomic E-state index is 12.5. The Labute approximate surface area is 159 Å². The summed E-state index contributed by atoms with van der Waals surface area (Å²) in [5.41, 5.74) is 2.57. The summed E-state index contributed by atoms with van der Waals surface area (Å²) in [5, 5.41) is 3.59. The topological polar surface area (TPSA) is 68.3 Å². The predicted molar refractivity (Wildman–Crippen MR) is 104 cm³/mol. The number of aryl methyl sites for hydroxylation is 1. The van der Waals surface area contributed by atoms with Gasteiger partial charge in [-0.2, -0.15) is 0 Å². The number of fused-ring (bicyclic) bond motifs is 1. The third-order valence-corrected chi connectivity index (χ3v) is 4.54. The minimum atomic E-state index is -0.949. The SMILES string of the molecule is Cc1ccc(NC(=O)[C@@H](C)OC(=O)c2cccc3cccnc23)c(Br)c1. The Hall–Kier alpha value is -2.73. The summed E-state index contributed by atoms with van der Waals surface area (Å²) in [5.74, 6) is -0.990. The van der Waals surface area contributed by atoms with Gasteiger partial charge in [0.2, 0.25) is 0 Å². The minimum Gasteiger partial charge on any atom is -0.449 e. The highest BCUT2D eigenvalue weighted by atomic mass is 79.9. The smallest absolute Gasteiger partial charge is 0.341 e. The van der Waals surface area contributed by atoms with Gasteiger partial charge in [0.05, 0.1) is 16.8 Å². The molecule has 26 heavy (non-hydrogen) atoms. The van der Waals surface area contributed by atoms with Crippen molar-refractivity contribution in [1.82, 2.24) is 4.98 Å². The van der Waals surface area contributed by atoms with E-state index in [0.29, 0.717) is 16.8 Å². The number of carbonyl (C=O) groups is 2. The molecule has 0 aliphatic rings. The second-order valence-electron chi connectivity index (χ2n) is 5.90. The van der Waals surface area contributed by atoms with Gasteiger partial charge in [-0.3, -0.25) is 9.78 Å². The zero-order chi connectivity index (χ0) is 18.7. The summed E-state index contributed by atoms with van der Waals surface area (Å²) in [6, 6.07) is 14.5. The number of nitrogens with one attached hydrogen (secondary N) is 1. The lowest BCUT2D eigenvalue weighted by atomic mass is 10.1. The summed E-state index contributed by atoms with van der Waals surface area (Å²) in [4.78, 5) is 29.1. The molecule has 0 fully saturated rings. The van der Waals surface area contributed by atoms with Crippen molar-refractivity contribution in [2.75, 3.05) is 5.32 Å². The molecule has 1 heterocycles. The number of anilines is 1. The maximum atomic E-state index is 12.5. The molecule has 2 aromatic carbocycles. The largest absolute Gasteiger partial charge is 0.449 e. The van der Waals surface area contributed by atoms with Crippen LogP contribution in [0.3, 0.4) is 0 Å². The van der Waals surface area contributed by atoms with E-state index < -0.39 is 18.0 Å². The number of ether oxygens (including phenoxy) is 1. The summed E-state index contributed by atoms with van der Waals surface area (Å²) < 4.78 is 6.10. The fourth-order valence-electron chi connectivity index (χ4n) is 2.50. The molecule has 0 bridgehead atoms. The highest BCUT2D eigenvalue weighted by Gasteiger charge is 2.21. The van der Waals surface area contributed by atoms with Crippen molar-refractivity contribution in [3.05, 3.63) is 70.3 Å². The number of esters is 1. The Morgan fingerprint density at radius 3 is 2.69 bits per heavy atom. The number of nitrogens with zero attached hydrogens (tertiary/aromatic N) is 1. The normalized spacial score (nSPS) is 11.8. The van der Waals surface area contributed by atoms with E-state index >= 15 is 0 Å². The van der Waals surface area contributed by atoms with Gasteiger partial charge in [0.15, 0.2) is 6.10 Å². The first kappa shape index (κ1) is 18.1. The van der Waals surface area contributed by atoms with Crippen molar-refractivity contribution in [2.24, 2.45) is 0 Å². The number of carbonyl (C=O) groups excluding carboxylic acids is 2. The lowest BCUT2D eigenvalue weighted by Gasteiger charge is -2.15. The number of pyridine rings is 1. The monoisotopic (exact) mass is 412 g/mol. The lowest BCUT2D eigenvalue weighted by molar-refractivity contribution is -0.123. The van der Waals surface area contributed by atoms with Crippen LogP contribution in [0, 0.1) is 6.92 Å². The zero-order valence-electron chi connectivity index (χ0n) is 14.3. The predicted octanol–water partition coefficient (Wildman–Crippen LogP) is 4.49. The van der Waals surface area contributed by atoms with Gasteiger partial charge in [-0.25, -0.2) is 4.79 Å². The summed E-state index contributed by atoms with van der Waals surface area (Å²) in [6.07, 6.45) is 0.666. The van der Waals surface area contributed by atoms with E-state index in [1.807, 2.05) is 31.2 Å². The van der Waals surface area contributed by atoms with Gasteiger partial charge in [-0.15, -0.1) is 0 Å².